The van der Waals surface area contributed by atoms with E-state index in [-0.39, 0.29) is 19.3 Å². The van der Waals surface area contributed by atoms with E-state index in [1.165, 1.54) is 0 Å². The minimum absolute atomic E-state index is 0.0648. The van der Waals surface area contributed by atoms with Crippen LogP contribution in [0, 0.1) is 21.7 Å². The first-order valence-corrected chi connectivity index (χ1v) is 6.78. The molecule has 0 atom stereocenters. The summed E-state index contributed by atoms with van der Waals surface area (Å²) in [6, 6.07) is 0. The quantitative estimate of drug-likeness (QED) is 0.724. The molecule has 0 radical (unpaired) electrons. The maximum Gasteiger partial charge on any atom is 0.309 e. The summed E-state index contributed by atoms with van der Waals surface area (Å²) in [6.45, 7) is 1.84. The van der Waals surface area contributed by atoms with E-state index in [1.807, 2.05) is 6.92 Å². The third-order valence-electron chi connectivity index (χ3n) is 5.69. The molecule has 4 fully saturated rings. The smallest absolute Gasteiger partial charge is 0.309 e. The van der Waals surface area contributed by atoms with Gasteiger partial charge in [-0.2, -0.15) is 0 Å². The zero-order chi connectivity index (χ0) is 15.0. The SMILES string of the molecule is CC12CC3(C(=O)O)CC(C(=O)O)(C1)CC(C(=O)O)(C2)C3. The van der Waals surface area contributed by atoms with Crippen LogP contribution >= 0.6 is 0 Å². The number of carbonyl (C=O) groups is 3. The van der Waals surface area contributed by atoms with Gasteiger partial charge in [0.1, 0.15) is 0 Å². The molecule has 4 rings (SSSR count). The molecular formula is C14H18O6. The van der Waals surface area contributed by atoms with Crippen molar-refractivity contribution in [2.45, 2.75) is 45.4 Å². The summed E-state index contributed by atoms with van der Waals surface area (Å²) in [7, 11) is 0. The van der Waals surface area contributed by atoms with Gasteiger partial charge < -0.3 is 15.3 Å². The van der Waals surface area contributed by atoms with Crippen LogP contribution in [0.2, 0.25) is 0 Å². The van der Waals surface area contributed by atoms with Crippen LogP contribution in [0.1, 0.15) is 45.4 Å². The largest absolute Gasteiger partial charge is 0.481 e. The highest BCUT2D eigenvalue weighted by atomic mass is 16.4. The fourth-order valence-electron chi connectivity index (χ4n) is 5.82. The summed E-state index contributed by atoms with van der Waals surface area (Å²) in [6.07, 6.45) is 1.36. The average Bonchev–Trinajstić information content (AvgIpc) is 2.24. The van der Waals surface area contributed by atoms with Crippen LogP contribution in [0.15, 0.2) is 0 Å². The molecule has 3 N–H and O–H groups in total. The van der Waals surface area contributed by atoms with Crippen LogP contribution in [0.5, 0.6) is 0 Å². The Balaban J connectivity index is 2.20. The van der Waals surface area contributed by atoms with Crippen molar-refractivity contribution >= 4 is 17.9 Å². The number of rotatable bonds is 3. The minimum Gasteiger partial charge on any atom is -0.481 e. The van der Waals surface area contributed by atoms with E-state index in [1.54, 1.807) is 0 Å². The summed E-state index contributed by atoms with van der Waals surface area (Å²) in [5.74, 6) is -3.13. The first-order chi connectivity index (χ1) is 9.07. The lowest BCUT2D eigenvalue weighted by Crippen LogP contribution is -2.66. The van der Waals surface area contributed by atoms with E-state index >= 15 is 0 Å². The molecule has 6 nitrogen and oxygen atoms in total. The van der Waals surface area contributed by atoms with Crippen LogP contribution in [-0.2, 0) is 14.4 Å². The number of carboxylic acids is 3. The molecule has 0 heterocycles. The summed E-state index contributed by atoms with van der Waals surface area (Å²) >= 11 is 0. The Hall–Kier alpha value is -1.59. The lowest BCUT2D eigenvalue weighted by atomic mass is 9.35. The van der Waals surface area contributed by atoms with Crippen LogP contribution < -0.4 is 0 Å². The van der Waals surface area contributed by atoms with E-state index in [0.717, 1.165) is 0 Å². The molecule has 0 aliphatic heterocycles. The highest BCUT2D eigenvalue weighted by Gasteiger charge is 2.73. The van der Waals surface area contributed by atoms with Gasteiger partial charge in [-0.25, -0.2) is 0 Å². The van der Waals surface area contributed by atoms with Gasteiger partial charge >= 0.3 is 17.9 Å². The van der Waals surface area contributed by atoms with Crippen molar-refractivity contribution < 1.29 is 29.7 Å². The molecule has 0 aromatic carbocycles. The average molecular weight is 282 g/mol. The number of hydrogen-bond acceptors (Lipinski definition) is 3. The molecule has 4 aliphatic rings. The van der Waals surface area contributed by atoms with Crippen LogP contribution in [-0.4, -0.2) is 33.2 Å². The van der Waals surface area contributed by atoms with Gasteiger partial charge in [0, 0.05) is 0 Å². The zero-order valence-corrected chi connectivity index (χ0v) is 11.3. The van der Waals surface area contributed by atoms with Gasteiger partial charge in [0.25, 0.3) is 0 Å². The molecule has 0 spiro atoms. The molecular weight excluding hydrogens is 264 g/mol. The van der Waals surface area contributed by atoms with Gasteiger partial charge in [0.05, 0.1) is 16.2 Å². The molecule has 4 aliphatic carbocycles. The predicted molar refractivity (Wildman–Crippen MR) is 66.0 cm³/mol. The van der Waals surface area contributed by atoms with Crippen molar-refractivity contribution in [2.75, 3.05) is 0 Å². The first kappa shape index (κ1) is 13.4. The lowest BCUT2D eigenvalue weighted by molar-refractivity contribution is -0.223. The van der Waals surface area contributed by atoms with Crippen molar-refractivity contribution in [3.8, 4) is 0 Å². The van der Waals surface area contributed by atoms with Crippen LogP contribution in [0.4, 0.5) is 0 Å². The van der Waals surface area contributed by atoms with Crippen LogP contribution in [0.25, 0.3) is 0 Å². The van der Waals surface area contributed by atoms with E-state index < -0.39 is 39.6 Å². The van der Waals surface area contributed by atoms with Crippen molar-refractivity contribution in [2.24, 2.45) is 21.7 Å². The Kier molecular flexibility index (Phi) is 2.24. The van der Waals surface area contributed by atoms with Gasteiger partial charge in [-0.1, -0.05) is 6.92 Å². The highest BCUT2D eigenvalue weighted by molar-refractivity contribution is 5.86. The minimum atomic E-state index is -1.19. The van der Waals surface area contributed by atoms with Crippen molar-refractivity contribution in [1.82, 2.24) is 0 Å². The molecule has 4 bridgehead atoms. The van der Waals surface area contributed by atoms with Crippen molar-refractivity contribution in [3.05, 3.63) is 0 Å². The second kappa shape index (κ2) is 3.35. The third-order valence-corrected chi connectivity index (χ3v) is 5.69. The molecule has 0 aromatic heterocycles. The van der Waals surface area contributed by atoms with E-state index in [9.17, 15) is 29.7 Å². The topological polar surface area (TPSA) is 112 Å². The Bertz CT molecular complexity index is 454. The molecule has 0 aromatic rings. The molecule has 20 heavy (non-hydrogen) atoms. The molecule has 110 valence electrons. The molecule has 0 unspecified atom stereocenters. The predicted octanol–water partition coefficient (Wildman–Crippen LogP) is 1.59. The maximum atomic E-state index is 11.7. The number of carboxylic acid groups (broad SMARTS) is 3. The molecule has 6 heteroatoms. The van der Waals surface area contributed by atoms with Gasteiger partial charge in [-0.3, -0.25) is 14.4 Å². The fourth-order valence-corrected chi connectivity index (χ4v) is 5.82. The lowest BCUT2D eigenvalue weighted by Gasteiger charge is -2.66. The van der Waals surface area contributed by atoms with E-state index in [0.29, 0.717) is 19.3 Å². The van der Waals surface area contributed by atoms with Gasteiger partial charge in [-0.15, -0.1) is 0 Å². The number of hydrogen-bond donors (Lipinski definition) is 3. The first-order valence-electron chi connectivity index (χ1n) is 6.78. The fraction of sp³-hybridized carbons (Fsp3) is 0.786. The van der Waals surface area contributed by atoms with E-state index in [2.05, 4.69) is 0 Å². The van der Waals surface area contributed by atoms with Crippen molar-refractivity contribution in [1.29, 1.82) is 0 Å². The molecule has 4 saturated carbocycles. The second-order valence-corrected chi connectivity index (χ2v) is 7.63. The second-order valence-electron chi connectivity index (χ2n) is 7.63. The van der Waals surface area contributed by atoms with Gasteiger partial charge in [-0.05, 0) is 43.9 Å². The van der Waals surface area contributed by atoms with Gasteiger partial charge in [0.2, 0.25) is 0 Å². The zero-order valence-electron chi connectivity index (χ0n) is 11.3. The summed E-state index contributed by atoms with van der Waals surface area (Å²) in [5, 5.41) is 28.8. The van der Waals surface area contributed by atoms with Crippen molar-refractivity contribution in [3.63, 3.8) is 0 Å². The van der Waals surface area contributed by atoms with E-state index in [4.69, 9.17) is 0 Å². The maximum absolute atomic E-state index is 11.7. The third kappa shape index (κ3) is 1.42. The summed E-state index contributed by atoms with van der Waals surface area (Å²) < 4.78 is 0. The van der Waals surface area contributed by atoms with Gasteiger partial charge in [0.15, 0.2) is 0 Å². The Morgan fingerprint density at radius 3 is 1.10 bits per heavy atom. The molecule has 0 amide bonds. The normalized spacial score (nSPS) is 49.0. The summed E-state index contributed by atoms with van der Waals surface area (Å²) in [4.78, 5) is 35.2. The monoisotopic (exact) mass is 282 g/mol. The standard InChI is InChI=1S/C14H18O6/c1-11-2-12(8(15)16)5-13(3-11,9(17)18)7-14(4-11,6-12)10(19)20/h2-7H2,1H3,(H,15,16)(H,17,18)(H,19,20). The summed E-state index contributed by atoms with van der Waals surface area (Å²) in [5.41, 5.74) is -4.09. The number of aliphatic carboxylic acids is 3. The Morgan fingerprint density at radius 1 is 0.650 bits per heavy atom. The Morgan fingerprint density at radius 2 is 0.900 bits per heavy atom. The van der Waals surface area contributed by atoms with Crippen LogP contribution in [0.3, 0.4) is 0 Å². The Labute approximate surface area is 115 Å². The molecule has 0 saturated heterocycles. The highest BCUT2D eigenvalue weighted by Crippen LogP contribution is 2.73.